The van der Waals surface area contributed by atoms with Gasteiger partial charge in [-0.15, -0.1) is 11.3 Å². The predicted molar refractivity (Wildman–Crippen MR) is 117 cm³/mol. The van der Waals surface area contributed by atoms with Crippen LogP contribution < -0.4 is 14.8 Å². The molecule has 0 unspecified atom stereocenters. The summed E-state index contributed by atoms with van der Waals surface area (Å²) >= 11 is 1.21. The van der Waals surface area contributed by atoms with E-state index in [2.05, 4.69) is 15.4 Å². The van der Waals surface area contributed by atoms with E-state index in [9.17, 15) is 18.0 Å². The number of carbonyl (C=O) groups excluding carboxylic acids is 1. The third-order valence-electron chi connectivity index (χ3n) is 4.66. The molecule has 2 heterocycles. The highest BCUT2D eigenvalue weighted by atomic mass is 32.1. The molecular formula is C22H17F3N4O3S. The fourth-order valence-electron chi connectivity index (χ4n) is 3.09. The molecule has 4 rings (SSSR count). The SMILES string of the molecule is COc1ccccc1-c1csc(NC(=O)c2nn(-c3cccc(C(F)(F)F)c3)cc2OC)n1. The van der Waals surface area contributed by atoms with E-state index < -0.39 is 17.6 Å². The number of anilines is 1. The van der Waals surface area contributed by atoms with Gasteiger partial charge in [0.1, 0.15) is 5.75 Å². The number of para-hydroxylation sites is 1. The summed E-state index contributed by atoms with van der Waals surface area (Å²) in [6, 6.07) is 11.9. The maximum atomic E-state index is 13.0. The summed E-state index contributed by atoms with van der Waals surface area (Å²) in [5.41, 5.74) is 0.600. The quantitative estimate of drug-likeness (QED) is 0.411. The van der Waals surface area contributed by atoms with Crippen LogP contribution in [0.4, 0.5) is 18.3 Å². The fraction of sp³-hybridized carbons (Fsp3) is 0.136. The number of benzene rings is 2. The van der Waals surface area contributed by atoms with Crippen LogP contribution in [0.15, 0.2) is 60.1 Å². The van der Waals surface area contributed by atoms with E-state index in [0.717, 1.165) is 22.4 Å². The highest BCUT2D eigenvalue weighted by molar-refractivity contribution is 7.14. The summed E-state index contributed by atoms with van der Waals surface area (Å²) in [6.45, 7) is 0. The molecule has 2 aromatic carbocycles. The molecule has 1 N–H and O–H groups in total. The number of amides is 1. The van der Waals surface area contributed by atoms with Gasteiger partial charge in [0.2, 0.25) is 0 Å². The summed E-state index contributed by atoms with van der Waals surface area (Å²) in [5.74, 6) is 0.132. The first-order chi connectivity index (χ1) is 15.8. The molecule has 4 aromatic rings. The maximum Gasteiger partial charge on any atom is 0.416 e. The Bertz CT molecular complexity index is 1300. The molecule has 1 amide bonds. The van der Waals surface area contributed by atoms with E-state index in [4.69, 9.17) is 9.47 Å². The van der Waals surface area contributed by atoms with Gasteiger partial charge >= 0.3 is 6.18 Å². The highest BCUT2D eigenvalue weighted by Gasteiger charge is 2.31. The Kier molecular flexibility index (Phi) is 6.05. The van der Waals surface area contributed by atoms with Crippen molar-refractivity contribution in [2.75, 3.05) is 19.5 Å². The summed E-state index contributed by atoms with van der Waals surface area (Å²) in [4.78, 5) is 17.2. The van der Waals surface area contributed by atoms with Crippen LogP contribution in [0.5, 0.6) is 11.5 Å². The smallest absolute Gasteiger partial charge is 0.416 e. The molecule has 0 radical (unpaired) electrons. The number of aromatic nitrogens is 3. The Hall–Kier alpha value is -3.86. The first-order valence-corrected chi connectivity index (χ1v) is 10.4. The van der Waals surface area contributed by atoms with Crippen LogP contribution in [0.25, 0.3) is 16.9 Å². The van der Waals surface area contributed by atoms with Crippen molar-refractivity contribution in [3.8, 4) is 28.4 Å². The number of hydrogen-bond donors (Lipinski definition) is 1. The monoisotopic (exact) mass is 474 g/mol. The van der Waals surface area contributed by atoms with Gasteiger partial charge in [-0.25, -0.2) is 9.67 Å². The van der Waals surface area contributed by atoms with Gasteiger partial charge in [0.05, 0.1) is 37.4 Å². The minimum absolute atomic E-state index is 0.0936. The minimum Gasteiger partial charge on any atom is -0.496 e. The Morgan fingerprint density at radius 2 is 1.82 bits per heavy atom. The second-order valence-corrected chi connectivity index (χ2v) is 7.59. The molecule has 0 bridgehead atoms. The van der Waals surface area contributed by atoms with Gasteiger partial charge in [0.15, 0.2) is 16.6 Å². The molecule has 2 aromatic heterocycles. The van der Waals surface area contributed by atoms with Gasteiger partial charge in [-0.2, -0.15) is 18.3 Å². The highest BCUT2D eigenvalue weighted by Crippen LogP contribution is 2.33. The number of hydrogen-bond acceptors (Lipinski definition) is 6. The van der Waals surface area contributed by atoms with Crippen molar-refractivity contribution in [1.29, 1.82) is 0 Å². The second kappa shape index (κ2) is 8.94. The normalized spacial score (nSPS) is 11.3. The maximum absolute atomic E-state index is 13.0. The van der Waals surface area contributed by atoms with E-state index in [0.29, 0.717) is 16.6 Å². The Balaban J connectivity index is 1.59. The number of nitrogens with zero attached hydrogens (tertiary/aromatic N) is 3. The zero-order valence-corrected chi connectivity index (χ0v) is 18.2. The molecule has 170 valence electrons. The van der Waals surface area contributed by atoms with Crippen molar-refractivity contribution >= 4 is 22.4 Å². The van der Waals surface area contributed by atoms with Crippen LogP contribution >= 0.6 is 11.3 Å². The topological polar surface area (TPSA) is 78.3 Å². The molecule has 0 fully saturated rings. The molecule has 7 nitrogen and oxygen atoms in total. The predicted octanol–water partition coefficient (Wildman–Crippen LogP) is 5.28. The standard InChI is InChI=1S/C22H17F3N4O3S/c1-31-17-9-4-3-8-15(17)16-12-33-21(26-16)27-20(30)19-18(32-2)11-29(28-19)14-7-5-6-13(10-14)22(23,24)25/h3-12H,1-2H3,(H,26,27,30). The van der Waals surface area contributed by atoms with Crippen molar-refractivity contribution in [1.82, 2.24) is 14.8 Å². The first-order valence-electron chi connectivity index (χ1n) is 9.51. The van der Waals surface area contributed by atoms with E-state index in [1.165, 1.54) is 36.8 Å². The molecule has 0 atom stereocenters. The Labute approximate surface area is 190 Å². The lowest BCUT2D eigenvalue weighted by Gasteiger charge is -2.08. The molecule has 0 saturated heterocycles. The molecule has 33 heavy (non-hydrogen) atoms. The van der Waals surface area contributed by atoms with E-state index >= 15 is 0 Å². The zero-order valence-electron chi connectivity index (χ0n) is 17.4. The molecule has 0 aliphatic carbocycles. The van der Waals surface area contributed by atoms with Crippen LogP contribution in [0.3, 0.4) is 0 Å². The second-order valence-electron chi connectivity index (χ2n) is 6.73. The number of nitrogens with one attached hydrogen (secondary N) is 1. The average Bonchev–Trinajstić information content (AvgIpc) is 3.46. The number of carbonyl (C=O) groups is 1. The van der Waals surface area contributed by atoms with Crippen LogP contribution in [0.2, 0.25) is 0 Å². The number of thiazole rings is 1. The number of ether oxygens (including phenoxy) is 2. The third-order valence-corrected chi connectivity index (χ3v) is 5.42. The molecular weight excluding hydrogens is 457 g/mol. The van der Waals surface area contributed by atoms with Crippen LogP contribution in [-0.2, 0) is 6.18 Å². The molecule has 11 heteroatoms. The van der Waals surface area contributed by atoms with Crippen molar-refractivity contribution in [2.24, 2.45) is 0 Å². The van der Waals surface area contributed by atoms with Crippen molar-refractivity contribution in [3.63, 3.8) is 0 Å². The van der Waals surface area contributed by atoms with Crippen molar-refractivity contribution < 1.29 is 27.4 Å². The summed E-state index contributed by atoms with van der Waals surface area (Å²) in [5, 5.41) is 8.87. The van der Waals surface area contributed by atoms with E-state index in [1.807, 2.05) is 18.2 Å². The number of halogens is 3. The van der Waals surface area contributed by atoms with Gasteiger partial charge in [-0.05, 0) is 30.3 Å². The molecule has 0 aliphatic heterocycles. The first kappa shape index (κ1) is 22.3. The van der Waals surface area contributed by atoms with Crippen LogP contribution in [0, 0.1) is 0 Å². The van der Waals surface area contributed by atoms with Crippen molar-refractivity contribution in [2.45, 2.75) is 6.18 Å². The van der Waals surface area contributed by atoms with Gasteiger partial charge in [0, 0.05) is 10.9 Å². The van der Waals surface area contributed by atoms with Crippen LogP contribution in [0.1, 0.15) is 16.1 Å². The van der Waals surface area contributed by atoms with E-state index in [-0.39, 0.29) is 17.1 Å². The molecule has 0 saturated carbocycles. The van der Waals surface area contributed by atoms with Gasteiger partial charge in [-0.3, -0.25) is 10.1 Å². The lowest BCUT2D eigenvalue weighted by Crippen LogP contribution is -2.14. The zero-order chi connectivity index (χ0) is 23.6. The van der Waals surface area contributed by atoms with Crippen molar-refractivity contribution in [3.05, 3.63) is 71.4 Å². The fourth-order valence-corrected chi connectivity index (χ4v) is 3.79. The number of rotatable bonds is 6. The average molecular weight is 474 g/mol. The lowest BCUT2D eigenvalue weighted by atomic mass is 10.1. The Morgan fingerprint density at radius 3 is 2.55 bits per heavy atom. The van der Waals surface area contributed by atoms with Gasteiger partial charge in [0.25, 0.3) is 5.91 Å². The molecule has 0 spiro atoms. The summed E-state index contributed by atoms with van der Waals surface area (Å²) in [7, 11) is 2.90. The number of alkyl halides is 3. The van der Waals surface area contributed by atoms with Gasteiger partial charge in [-0.1, -0.05) is 18.2 Å². The number of methoxy groups -OCH3 is 2. The lowest BCUT2D eigenvalue weighted by molar-refractivity contribution is -0.137. The minimum atomic E-state index is -4.50. The summed E-state index contributed by atoms with van der Waals surface area (Å²) in [6.07, 6.45) is -3.16. The van der Waals surface area contributed by atoms with Gasteiger partial charge < -0.3 is 9.47 Å². The van der Waals surface area contributed by atoms with E-state index in [1.54, 1.807) is 18.6 Å². The molecule has 0 aliphatic rings. The Morgan fingerprint density at radius 1 is 1.06 bits per heavy atom. The third kappa shape index (κ3) is 4.67. The summed E-state index contributed by atoms with van der Waals surface area (Å²) < 4.78 is 50.8. The van der Waals surface area contributed by atoms with Crippen LogP contribution in [-0.4, -0.2) is 34.9 Å². The largest absolute Gasteiger partial charge is 0.496 e.